The summed E-state index contributed by atoms with van der Waals surface area (Å²) in [5, 5.41) is 3.25. The van der Waals surface area contributed by atoms with E-state index in [0.29, 0.717) is 25.1 Å². The first-order valence-electron chi connectivity index (χ1n) is 11.9. The Morgan fingerprint density at radius 3 is 2.50 bits per heavy atom. The van der Waals surface area contributed by atoms with Crippen LogP contribution < -0.4 is 5.32 Å². The minimum Gasteiger partial charge on any atom is -0.352 e. The van der Waals surface area contributed by atoms with Crippen LogP contribution in [0.5, 0.6) is 0 Å². The highest BCUT2D eigenvalue weighted by Crippen LogP contribution is 2.21. The third kappa shape index (κ3) is 7.40. The lowest BCUT2D eigenvalue weighted by Gasteiger charge is -2.33. The summed E-state index contributed by atoms with van der Waals surface area (Å²) in [6, 6.07) is 18.2. The third-order valence-electron chi connectivity index (χ3n) is 6.10. The lowest BCUT2D eigenvalue weighted by molar-refractivity contribution is -0.141. The molecule has 0 unspecified atom stereocenters. The largest absolute Gasteiger partial charge is 0.352 e. The van der Waals surface area contributed by atoms with Gasteiger partial charge in [0, 0.05) is 29.7 Å². The normalized spacial score (nSPS) is 15.2. The third-order valence-corrected chi connectivity index (χ3v) is 7.11. The van der Waals surface area contributed by atoms with Crippen LogP contribution in [-0.4, -0.2) is 34.6 Å². The first-order chi connectivity index (χ1) is 15.6. The number of carbonyl (C=O) groups excluding carboxylic acids is 2. The van der Waals surface area contributed by atoms with Gasteiger partial charge in [-0.2, -0.15) is 0 Å². The van der Waals surface area contributed by atoms with Gasteiger partial charge in [-0.1, -0.05) is 74.2 Å². The van der Waals surface area contributed by atoms with E-state index in [2.05, 4.69) is 36.5 Å². The summed E-state index contributed by atoms with van der Waals surface area (Å²) in [6.45, 7) is 4.52. The number of amides is 2. The van der Waals surface area contributed by atoms with E-state index in [1.807, 2.05) is 37.3 Å². The van der Waals surface area contributed by atoms with Crippen molar-refractivity contribution < 1.29 is 9.59 Å². The molecule has 2 aromatic carbocycles. The van der Waals surface area contributed by atoms with Crippen LogP contribution >= 0.6 is 11.8 Å². The molecule has 1 fully saturated rings. The predicted molar refractivity (Wildman–Crippen MR) is 133 cm³/mol. The molecule has 1 saturated carbocycles. The smallest absolute Gasteiger partial charge is 0.243 e. The highest BCUT2D eigenvalue weighted by atomic mass is 32.2. The highest BCUT2D eigenvalue weighted by molar-refractivity contribution is 7.99. The average Bonchev–Trinajstić information content (AvgIpc) is 2.80. The molecule has 32 heavy (non-hydrogen) atoms. The number of rotatable bonds is 10. The number of hydrogen-bond acceptors (Lipinski definition) is 3. The van der Waals surface area contributed by atoms with Crippen molar-refractivity contribution in [3.63, 3.8) is 0 Å². The number of nitrogens with one attached hydrogen (secondary N) is 1. The molecule has 1 aliphatic carbocycles. The minimum absolute atomic E-state index is 0.00360. The van der Waals surface area contributed by atoms with Crippen molar-refractivity contribution in [2.45, 2.75) is 82.3 Å². The molecule has 3 rings (SSSR count). The minimum atomic E-state index is -0.438. The molecule has 1 N–H and O–H groups in total. The standard InChI is InChI=1S/C27H36N2O2S/c1-3-25(27(31)28-23-13-6-4-7-14-23)29(20-22-12-10-11-21(2)19-22)26(30)17-18-32-24-15-8-5-9-16-24/h5,8-12,15-16,19,23,25H,3-4,6-7,13-14,17-18,20H2,1-2H3,(H,28,31)/t25-/m1/s1. The van der Waals surface area contributed by atoms with Crippen LogP contribution in [0.2, 0.25) is 0 Å². The summed E-state index contributed by atoms with van der Waals surface area (Å²) in [4.78, 5) is 29.5. The summed E-state index contributed by atoms with van der Waals surface area (Å²) in [5.74, 6) is 0.741. The van der Waals surface area contributed by atoms with Crippen LogP contribution in [0.25, 0.3) is 0 Å². The van der Waals surface area contributed by atoms with Gasteiger partial charge in [-0.3, -0.25) is 9.59 Å². The maximum Gasteiger partial charge on any atom is 0.243 e. The fraction of sp³-hybridized carbons (Fsp3) is 0.481. The number of nitrogens with zero attached hydrogens (tertiary/aromatic N) is 1. The number of benzene rings is 2. The van der Waals surface area contributed by atoms with Crippen LogP contribution in [0.15, 0.2) is 59.5 Å². The Balaban J connectivity index is 1.70. The first-order valence-corrected chi connectivity index (χ1v) is 12.9. The molecule has 2 amide bonds. The van der Waals surface area contributed by atoms with E-state index < -0.39 is 6.04 Å². The van der Waals surface area contributed by atoms with E-state index in [1.54, 1.807) is 16.7 Å². The Morgan fingerprint density at radius 1 is 1.06 bits per heavy atom. The predicted octanol–water partition coefficient (Wildman–Crippen LogP) is 5.73. The van der Waals surface area contributed by atoms with Crippen LogP contribution in [0.4, 0.5) is 0 Å². The molecule has 5 heteroatoms. The van der Waals surface area contributed by atoms with Crippen molar-refractivity contribution in [3.8, 4) is 0 Å². The maximum absolute atomic E-state index is 13.4. The van der Waals surface area contributed by atoms with E-state index >= 15 is 0 Å². The number of hydrogen-bond donors (Lipinski definition) is 1. The van der Waals surface area contributed by atoms with Gasteiger partial charge >= 0.3 is 0 Å². The van der Waals surface area contributed by atoms with E-state index in [0.717, 1.165) is 28.9 Å². The van der Waals surface area contributed by atoms with Gasteiger partial charge in [-0.15, -0.1) is 11.8 Å². The Bertz CT molecular complexity index is 865. The zero-order valence-corrected chi connectivity index (χ0v) is 20.2. The Kier molecular flexibility index (Phi) is 9.66. The second-order valence-corrected chi connectivity index (χ2v) is 9.86. The number of thioether (sulfide) groups is 1. The van der Waals surface area contributed by atoms with Crippen molar-refractivity contribution in [3.05, 3.63) is 65.7 Å². The second-order valence-electron chi connectivity index (χ2n) is 8.69. The van der Waals surface area contributed by atoms with Gasteiger partial charge in [-0.25, -0.2) is 0 Å². The fourth-order valence-corrected chi connectivity index (χ4v) is 5.25. The molecule has 0 bridgehead atoms. The van der Waals surface area contributed by atoms with Gasteiger partial charge in [0.25, 0.3) is 0 Å². The SMILES string of the molecule is CC[C@H](C(=O)NC1CCCCC1)N(Cc1cccc(C)c1)C(=O)CCSc1ccccc1. The van der Waals surface area contributed by atoms with Crippen LogP contribution in [0.3, 0.4) is 0 Å². The van der Waals surface area contributed by atoms with Gasteiger partial charge in [-0.05, 0) is 43.9 Å². The molecular formula is C27H36N2O2S. The fourth-order valence-electron chi connectivity index (χ4n) is 4.39. The molecule has 0 spiro atoms. The molecule has 4 nitrogen and oxygen atoms in total. The van der Waals surface area contributed by atoms with Crippen molar-refractivity contribution >= 4 is 23.6 Å². The lowest BCUT2D eigenvalue weighted by Crippen LogP contribution is -2.51. The molecule has 0 saturated heterocycles. The summed E-state index contributed by atoms with van der Waals surface area (Å²) in [7, 11) is 0. The van der Waals surface area contributed by atoms with Crippen LogP contribution in [0.1, 0.15) is 63.0 Å². The molecule has 2 aromatic rings. The maximum atomic E-state index is 13.4. The molecule has 1 aliphatic rings. The lowest BCUT2D eigenvalue weighted by atomic mass is 9.95. The number of aryl methyl sites for hydroxylation is 1. The van der Waals surface area contributed by atoms with Gasteiger partial charge in [0.05, 0.1) is 0 Å². The first kappa shape index (κ1) is 24.4. The summed E-state index contributed by atoms with van der Waals surface area (Å²) in [6.07, 6.45) is 6.71. The summed E-state index contributed by atoms with van der Waals surface area (Å²) < 4.78 is 0. The Morgan fingerprint density at radius 2 is 1.81 bits per heavy atom. The van der Waals surface area contributed by atoms with Crippen LogP contribution in [0, 0.1) is 6.92 Å². The zero-order chi connectivity index (χ0) is 22.8. The quantitative estimate of drug-likeness (QED) is 0.468. The van der Waals surface area contributed by atoms with E-state index in [9.17, 15) is 9.59 Å². The molecule has 0 heterocycles. The van der Waals surface area contributed by atoms with Gasteiger partial charge in [0.1, 0.15) is 6.04 Å². The second kappa shape index (κ2) is 12.7. The molecule has 0 radical (unpaired) electrons. The molecule has 0 aromatic heterocycles. The zero-order valence-electron chi connectivity index (χ0n) is 19.4. The topological polar surface area (TPSA) is 49.4 Å². The van der Waals surface area contributed by atoms with E-state index in [1.165, 1.54) is 19.3 Å². The molecule has 1 atom stereocenters. The van der Waals surface area contributed by atoms with E-state index in [-0.39, 0.29) is 17.9 Å². The van der Waals surface area contributed by atoms with Crippen LogP contribution in [-0.2, 0) is 16.1 Å². The van der Waals surface area contributed by atoms with E-state index in [4.69, 9.17) is 0 Å². The summed E-state index contributed by atoms with van der Waals surface area (Å²) >= 11 is 1.68. The summed E-state index contributed by atoms with van der Waals surface area (Å²) in [5.41, 5.74) is 2.23. The number of carbonyl (C=O) groups is 2. The Labute approximate surface area is 197 Å². The average molecular weight is 453 g/mol. The van der Waals surface area contributed by atoms with Crippen molar-refractivity contribution in [2.24, 2.45) is 0 Å². The van der Waals surface area contributed by atoms with Gasteiger partial charge in [0.15, 0.2) is 0 Å². The Hall–Kier alpha value is -2.27. The van der Waals surface area contributed by atoms with Gasteiger partial charge in [0.2, 0.25) is 11.8 Å². The monoisotopic (exact) mass is 452 g/mol. The molecule has 0 aliphatic heterocycles. The molecular weight excluding hydrogens is 416 g/mol. The van der Waals surface area contributed by atoms with Crippen molar-refractivity contribution in [2.75, 3.05) is 5.75 Å². The van der Waals surface area contributed by atoms with Crippen molar-refractivity contribution in [1.82, 2.24) is 10.2 Å². The van der Waals surface area contributed by atoms with Gasteiger partial charge < -0.3 is 10.2 Å². The highest BCUT2D eigenvalue weighted by Gasteiger charge is 2.30. The molecule has 172 valence electrons. The van der Waals surface area contributed by atoms with Crippen molar-refractivity contribution in [1.29, 1.82) is 0 Å².